The summed E-state index contributed by atoms with van der Waals surface area (Å²) >= 11 is 0. The summed E-state index contributed by atoms with van der Waals surface area (Å²) in [5.41, 5.74) is 3.63. The molecule has 0 amide bonds. The van der Waals surface area contributed by atoms with Crippen molar-refractivity contribution in [3.05, 3.63) is 48.0 Å². The third-order valence-electron chi connectivity index (χ3n) is 3.54. The van der Waals surface area contributed by atoms with Crippen LogP contribution in [0.15, 0.2) is 36.8 Å². The first kappa shape index (κ1) is 12.8. The molecule has 18 heavy (non-hydrogen) atoms. The maximum atomic E-state index is 4.31. The molecule has 2 aromatic rings. The van der Waals surface area contributed by atoms with Gasteiger partial charge in [-0.2, -0.15) is 0 Å². The summed E-state index contributed by atoms with van der Waals surface area (Å²) < 4.78 is 2.18. The molecule has 96 valence electrons. The number of imidazole rings is 1. The molecule has 0 aliphatic carbocycles. The van der Waals surface area contributed by atoms with E-state index in [1.165, 1.54) is 16.9 Å². The number of para-hydroxylation sites is 1. The molecule has 1 heterocycles. The molecule has 3 heteroatoms. The van der Waals surface area contributed by atoms with Crippen LogP contribution in [0.3, 0.4) is 0 Å². The van der Waals surface area contributed by atoms with Gasteiger partial charge in [0, 0.05) is 0 Å². The zero-order chi connectivity index (χ0) is 13.2. The van der Waals surface area contributed by atoms with E-state index in [2.05, 4.69) is 59.9 Å². The quantitative estimate of drug-likeness (QED) is 0.895. The van der Waals surface area contributed by atoms with Crippen molar-refractivity contribution in [1.29, 1.82) is 0 Å². The Kier molecular flexibility index (Phi) is 3.53. The molecule has 2 rings (SSSR count). The molecule has 0 unspecified atom stereocenters. The van der Waals surface area contributed by atoms with E-state index in [1.807, 2.05) is 19.6 Å². The molecular weight excluding hydrogens is 222 g/mol. The van der Waals surface area contributed by atoms with Gasteiger partial charge in [0.15, 0.2) is 0 Å². The van der Waals surface area contributed by atoms with E-state index in [1.54, 1.807) is 0 Å². The Balaban J connectivity index is 2.56. The molecule has 0 saturated heterocycles. The summed E-state index contributed by atoms with van der Waals surface area (Å²) in [5.74, 6) is 0. The lowest BCUT2D eigenvalue weighted by atomic mass is 10.0. The van der Waals surface area contributed by atoms with Gasteiger partial charge in [-0.25, -0.2) is 4.98 Å². The fraction of sp³-hybridized carbons (Fsp3) is 0.400. The molecular formula is C15H21N3. The van der Waals surface area contributed by atoms with Gasteiger partial charge in [-0.15, -0.1) is 0 Å². The molecule has 0 saturated carbocycles. The first-order chi connectivity index (χ1) is 8.60. The second-order valence-corrected chi connectivity index (χ2v) is 5.01. The molecule has 3 nitrogen and oxygen atoms in total. The number of benzene rings is 1. The zero-order valence-corrected chi connectivity index (χ0v) is 11.6. The lowest BCUT2D eigenvalue weighted by Gasteiger charge is -2.26. The van der Waals surface area contributed by atoms with Gasteiger partial charge in [0.2, 0.25) is 0 Å². The van der Waals surface area contributed by atoms with Crippen LogP contribution in [-0.4, -0.2) is 16.6 Å². The van der Waals surface area contributed by atoms with Crippen molar-refractivity contribution in [1.82, 2.24) is 14.9 Å². The molecule has 1 aromatic heterocycles. The third-order valence-corrected chi connectivity index (χ3v) is 3.54. The number of nitrogens with zero attached hydrogens (tertiary/aromatic N) is 2. The first-order valence-electron chi connectivity index (χ1n) is 6.40. The van der Waals surface area contributed by atoms with Crippen molar-refractivity contribution >= 4 is 0 Å². The highest BCUT2D eigenvalue weighted by Crippen LogP contribution is 2.24. The number of hydrogen-bond donors (Lipinski definition) is 1. The second kappa shape index (κ2) is 4.94. The molecule has 1 N–H and O–H groups in total. The van der Waals surface area contributed by atoms with E-state index < -0.39 is 0 Å². The molecule has 0 spiro atoms. The predicted octanol–water partition coefficient (Wildman–Crippen LogP) is 2.89. The standard InChI is InChI=1S/C15H21N3/c1-5-12-8-6-7-9-13(12)18-11-17-10-14(18)15(2,3)16-4/h6-11,16H,5H2,1-4H3. The number of hydrogen-bond acceptors (Lipinski definition) is 2. The SMILES string of the molecule is CCc1ccccc1-n1cncc1C(C)(C)NC. The summed E-state index contributed by atoms with van der Waals surface area (Å²) in [6.07, 6.45) is 4.85. The van der Waals surface area contributed by atoms with Crippen LogP contribution in [-0.2, 0) is 12.0 Å². The second-order valence-electron chi connectivity index (χ2n) is 5.01. The van der Waals surface area contributed by atoms with Crippen LogP contribution in [0.4, 0.5) is 0 Å². The Morgan fingerprint density at radius 3 is 2.67 bits per heavy atom. The molecule has 0 bridgehead atoms. The van der Waals surface area contributed by atoms with Gasteiger partial charge in [-0.3, -0.25) is 0 Å². The minimum Gasteiger partial charge on any atom is -0.310 e. The fourth-order valence-corrected chi connectivity index (χ4v) is 2.12. The maximum absolute atomic E-state index is 4.31. The first-order valence-corrected chi connectivity index (χ1v) is 6.40. The van der Waals surface area contributed by atoms with Gasteiger partial charge in [0.1, 0.15) is 0 Å². The van der Waals surface area contributed by atoms with Gasteiger partial charge in [0.05, 0.1) is 29.4 Å². The minimum absolute atomic E-state index is 0.0998. The van der Waals surface area contributed by atoms with E-state index in [9.17, 15) is 0 Å². The van der Waals surface area contributed by atoms with E-state index in [4.69, 9.17) is 0 Å². The molecule has 0 radical (unpaired) electrons. The average Bonchev–Trinajstić information content (AvgIpc) is 2.88. The largest absolute Gasteiger partial charge is 0.310 e. The highest BCUT2D eigenvalue weighted by molar-refractivity contribution is 5.43. The fourth-order valence-electron chi connectivity index (χ4n) is 2.12. The van der Waals surface area contributed by atoms with Crippen LogP contribution in [0.1, 0.15) is 32.0 Å². The monoisotopic (exact) mass is 243 g/mol. The summed E-state index contributed by atoms with van der Waals surface area (Å²) in [7, 11) is 1.98. The Hall–Kier alpha value is -1.61. The van der Waals surface area contributed by atoms with Crippen LogP contribution in [0, 0.1) is 0 Å². The van der Waals surface area contributed by atoms with Crippen molar-refractivity contribution in [3.63, 3.8) is 0 Å². The number of aryl methyl sites for hydroxylation is 1. The molecule has 0 aliphatic rings. The lowest BCUT2D eigenvalue weighted by Crippen LogP contribution is -2.35. The van der Waals surface area contributed by atoms with Crippen molar-refractivity contribution < 1.29 is 0 Å². The van der Waals surface area contributed by atoms with Gasteiger partial charge in [0.25, 0.3) is 0 Å². The minimum atomic E-state index is -0.0998. The smallest absolute Gasteiger partial charge is 0.0994 e. The van der Waals surface area contributed by atoms with Gasteiger partial charge in [-0.1, -0.05) is 25.1 Å². The number of nitrogens with one attached hydrogen (secondary N) is 1. The Morgan fingerprint density at radius 2 is 2.00 bits per heavy atom. The van der Waals surface area contributed by atoms with Crippen molar-refractivity contribution in [3.8, 4) is 5.69 Å². The predicted molar refractivity (Wildman–Crippen MR) is 75.0 cm³/mol. The zero-order valence-electron chi connectivity index (χ0n) is 11.6. The van der Waals surface area contributed by atoms with Gasteiger partial charge in [-0.05, 0) is 38.9 Å². The Bertz CT molecular complexity index is 526. The maximum Gasteiger partial charge on any atom is 0.0994 e. The Labute approximate surface area is 109 Å². The summed E-state index contributed by atoms with van der Waals surface area (Å²) in [5, 5.41) is 3.33. The number of aromatic nitrogens is 2. The van der Waals surface area contributed by atoms with Crippen molar-refractivity contribution in [2.24, 2.45) is 0 Å². The van der Waals surface area contributed by atoms with E-state index in [-0.39, 0.29) is 5.54 Å². The van der Waals surface area contributed by atoms with Crippen LogP contribution in [0.2, 0.25) is 0 Å². The van der Waals surface area contributed by atoms with Crippen LogP contribution >= 0.6 is 0 Å². The highest BCUT2D eigenvalue weighted by Gasteiger charge is 2.23. The van der Waals surface area contributed by atoms with Gasteiger partial charge >= 0.3 is 0 Å². The number of rotatable bonds is 4. The van der Waals surface area contributed by atoms with Gasteiger partial charge < -0.3 is 9.88 Å². The van der Waals surface area contributed by atoms with Crippen molar-refractivity contribution in [2.45, 2.75) is 32.7 Å². The third kappa shape index (κ3) is 2.18. The summed E-state index contributed by atoms with van der Waals surface area (Å²) in [6.45, 7) is 6.50. The summed E-state index contributed by atoms with van der Waals surface area (Å²) in [4.78, 5) is 4.31. The molecule has 0 aliphatic heterocycles. The summed E-state index contributed by atoms with van der Waals surface area (Å²) in [6, 6.07) is 8.48. The normalized spacial score (nSPS) is 11.8. The van der Waals surface area contributed by atoms with Crippen molar-refractivity contribution in [2.75, 3.05) is 7.05 Å². The van der Waals surface area contributed by atoms with Crippen LogP contribution < -0.4 is 5.32 Å². The lowest BCUT2D eigenvalue weighted by molar-refractivity contribution is 0.424. The van der Waals surface area contributed by atoms with Crippen LogP contribution in [0.25, 0.3) is 5.69 Å². The van der Waals surface area contributed by atoms with E-state index in [0.717, 1.165) is 6.42 Å². The topological polar surface area (TPSA) is 29.9 Å². The van der Waals surface area contributed by atoms with E-state index >= 15 is 0 Å². The van der Waals surface area contributed by atoms with E-state index in [0.29, 0.717) is 0 Å². The molecule has 0 atom stereocenters. The Morgan fingerprint density at radius 1 is 1.28 bits per heavy atom. The average molecular weight is 243 g/mol. The van der Waals surface area contributed by atoms with Crippen LogP contribution in [0.5, 0.6) is 0 Å². The highest BCUT2D eigenvalue weighted by atomic mass is 15.1. The molecule has 0 fully saturated rings. The molecule has 1 aromatic carbocycles.